The van der Waals surface area contributed by atoms with Crippen molar-refractivity contribution in [1.82, 2.24) is 19.9 Å². The molecule has 2 N–H and O–H groups in total. The highest BCUT2D eigenvalue weighted by Gasteiger charge is 2.05. The number of rotatable bonds is 7. The average Bonchev–Trinajstić information content (AvgIpc) is 2.52. The third-order valence-corrected chi connectivity index (χ3v) is 3.02. The van der Waals surface area contributed by atoms with Crippen LogP contribution in [0.25, 0.3) is 11.3 Å². The highest BCUT2D eigenvalue weighted by atomic mass is 15.1. The lowest BCUT2D eigenvalue weighted by atomic mass is 10.2. The van der Waals surface area contributed by atoms with Gasteiger partial charge in [0.15, 0.2) is 0 Å². The third kappa shape index (κ3) is 4.68. The molecule has 0 bridgehead atoms. The molecule has 0 saturated carbocycles. The van der Waals surface area contributed by atoms with E-state index in [9.17, 15) is 0 Å². The average molecular weight is 286 g/mol. The SMILES string of the molecule is CNc1cc(-c2ccncc2)nc(NCCCN(C)C)n1. The first-order valence-electron chi connectivity index (χ1n) is 7.05. The number of pyridine rings is 1. The minimum atomic E-state index is 0.646. The monoisotopic (exact) mass is 286 g/mol. The van der Waals surface area contributed by atoms with E-state index in [1.165, 1.54) is 0 Å². The summed E-state index contributed by atoms with van der Waals surface area (Å²) in [5.41, 5.74) is 1.91. The maximum Gasteiger partial charge on any atom is 0.225 e. The number of nitrogens with one attached hydrogen (secondary N) is 2. The molecule has 21 heavy (non-hydrogen) atoms. The molecular weight excluding hydrogens is 264 g/mol. The lowest BCUT2D eigenvalue weighted by Gasteiger charge is -2.11. The minimum absolute atomic E-state index is 0.646. The molecule has 2 aromatic rings. The molecule has 0 atom stereocenters. The van der Waals surface area contributed by atoms with Crippen LogP contribution in [0.15, 0.2) is 30.6 Å². The molecule has 0 unspecified atom stereocenters. The van der Waals surface area contributed by atoms with Crippen LogP contribution in [0.1, 0.15) is 6.42 Å². The van der Waals surface area contributed by atoms with Gasteiger partial charge in [-0.3, -0.25) is 4.98 Å². The van der Waals surface area contributed by atoms with Crippen LogP contribution >= 0.6 is 0 Å². The van der Waals surface area contributed by atoms with Crippen molar-refractivity contribution in [2.24, 2.45) is 0 Å². The molecular formula is C15H22N6. The summed E-state index contributed by atoms with van der Waals surface area (Å²) in [7, 11) is 5.99. The van der Waals surface area contributed by atoms with Gasteiger partial charge in [0.25, 0.3) is 0 Å². The fraction of sp³-hybridized carbons (Fsp3) is 0.400. The molecule has 0 aromatic carbocycles. The van der Waals surface area contributed by atoms with E-state index < -0.39 is 0 Å². The molecule has 0 radical (unpaired) electrons. The number of aromatic nitrogens is 3. The van der Waals surface area contributed by atoms with Gasteiger partial charge in [-0.25, -0.2) is 4.98 Å². The normalized spacial score (nSPS) is 10.7. The fourth-order valence-electron chi connectivity index (χ4n) is 1.92. The van der Waals surface area contributed by atoms with E-state index in [0.29, 0.717) is 5.95 Å². The molecule has 2 aromatic heterocycles. The van der Waals surface area contributed by atoms with Gasteiger partial charge in [-0.1, -0.05) is 0 Å². The van der Waals surface area contributed by atoms with Crippen LogP contribution in [0, 0.1) is 0 Å². The summed E-state index contributed by atoms with van der Waals surface area (Å²) in [5, 5.41) is 6.35. The second-order valence-electron chi connectivity index (χ2n) is 5.03. The Morgan fingerprint density at radius 2 is 1.90 bits per heavy atom. The molecule has 0 aliphatic carbocycles. The second-order valence-corrected chi connectivity index (χ2v) is 5.03. The fourth-order valence-corrected chi connectivity index (χ4v) is 1.92. The third-order valence-electron chi connectivity index (χ3n) is 3.02. The Morgan fingerprint density at radius 1 is 1.14 bits per heavy atom. The Bertz CT molecular complexity index is 555. The summed E-state index contributed by atoms with van der Waals surface area (Å²) in [5.74, 6) is 1.44. The van der Waals surface area contributed by atoms with E-state index >= 15 is 0 Å². The number of hydrogen-bond donors (Lipinski definition) is 2. The van der Waals surface area contributed by atoms with Crippen molar-refractivity contribution >= 4 is 11.8 Å². The maximum atomic E-state index is 4.56. The van der Waals surface area contributed by atoms with Crippen molar-refractivity contribution in [3.8, 4) is 11.3 Å². The van der Waals surface area contributed by atoms with Crippen molar-refractivity contribution in [3.05, 3.63) is 30.6 Å². The summed E-state index contributed by atoms with van der Waals surface area (Å²) in [6.07, 6.45) is 4.58. The molecule has 0 fully saturated rings. The minimum Gasteiger partial charge on any atom is -0.373 e. The van der Waals surface area contributed by atoms with Gasteiger partial charge < -0.3 is 15.5 Å². The Balaban J connectivity index is 2.11. The van der Waals surface area contributed by atoms with Gasteiger partial charge in [-0.15, -0.1) is 0 Å². The van der Waals surface area contributed by atoms with E-state index in [4.69, 9.17) is 0 Å². The summed E-state index contributed by atoms with van der Waals surface area (Å²) in [6, 6.07) is 5.82. The lowest BCUT2D eigenvalue weighted by Crippen LogP contribution is -2.17. The number of hydrogen-bond acceptors (Lipinski definition) is 6. The van der Waals surface area contributed by atoms with Crippen LogP contribution in [0.2, 0.25) is 0 Å². The van der Waals surface area contributed by atoms with E-state index in [2.05, 4.69) is 44.6 Å². The summed E-state index contributed by atoms with van der Waals surface area (Å²) >= 11 is 0. The zero-order chi connectivity index (χ0) is 15.1. The molecule has 0 spiro atoms. The largest absolute Gasteiger partial charge is 0.373 e. The zero-order valence-corrected chi connectivity index (χ0v) is 12.8. The van der Waals surface area contributed by atoms with Gasteiger partial charge in [0.05, 0.1) is 5.69 Å². The predicted octanol–water partition coefficient (Wildman–Crippen LogP) is 1.94. The first-order valence-corrected chi connectivity index (χ1v) is 7.05. The Morgan fingerprint density at radius 3 is 2.57 bits per heavy atom. The summed E-state index contributed by atoms with van der Waals surface area (Å²) in [6.45, 7) is 1.89. The van der Waals surface area contributed by atoms with Crippen LogP contribution in [-0.4, -0.2) is 54.1 Å². The van der Waals surface area contributed by atoms with Gasteiger partial charge in [-0.2, -0.15) is 4.98 Å². The molecule has 112 valence electrons. The zero-order valence-electron chi connectivity index (χ0n) is 12.8. The van der Waals surface area contributed by atoms with Crippen LogP contribution < -0.4 is 10.6 Å². The molecule has 0 saturated heterocycles. The smallest absolute Gasteiger partial charge is 0.225 e. The van der Waals surface area contributed by atoms with Crippen molar-refractivity contribution < 1.29 is 0 Å². The van der Waals surface area contributed by atoms with Gasteiger partial charge >= 0.3 is 0 Å². The molecule has 2 rings (SSSR count). The quantitative estimate of drug-likeness (QED) is 0.758. The first-order chi connectivity index (χ1) is 10.2. The summed E-state index contributed by atoms with van der Waals surface area (Å²) < 4.78 is 0. The van der Waals surface area contributed by atoms with E-state index in [0.717, 1.165) is 36.6 Å². The standard InChI is InChI=1S/C15H22N6/c1-16-14-11-13(12-5-8-17-9-6-12)19-15(20-14)18-7-4-10-21(2)3/h5-6,8-9,11H,4,7,10H2,1-3H3,(H2,16,18,19,20). The van der Waals surface area contributed by atoms with Crippen LogP contribution in [0.4, 0.5) is 11.8 Å². The first kappa shape index (κ1) is 15.2. The molecule has 2 heterocycles. The van der Waals surface area contributed by atoms with E-state index in [1.807, 2.05) is 25.2 Å². The van der Waals surface area contributed by atoms with Gasteiger partial charge in [0, 0.05) is 37.6 Å². The Kier molecular flexibility index (Phi) is 5.45. The van der Waals surface area contributed by atoms with Crippen molar-refractivity contribution in [2.75, 3.05) is 44.9 Å². The number of anilines is 2. The topological polar surface area (TPSA) is 66.0 Å². The van der Waals surface area contributed by atoms with Crippen LogP contribution in [0.3, 0.4) is 0 Å². The molecule has 6 heteroatoms. The highest BCUT2D eigenvalue weighted by Crippen LogP contribution is 2.20. The van der Waals surface area contributed by atoms with E-state index in [-0.39, 0.29) is 0 Å². The summed E-state index contributed by atoms with van der Waals surface area (Å²) in [4.78, 5) is 15.2. The number of nitrogens with zero attached hydrogens (tertiary/aromatic N) is 4. The lowest BCUT2D eigenvalue weighted by molar-refractivity contribution is 0.405. The van der Waals surface area contributed by atoms with Crippen molar-refractivity contribution in [3.63, 3.8) is 0 Å². The van der Waals surface area contributed by atoms with Crippen molar-refractivity contribution in [1.29, 1.82) is 0 Å². The van der Waals surface area contributed by atoms with Gasteiger partial charge in [0.2, 0.25) is 5.95 Å². The van der Waals surface area contributed by atoms with Crippen molar-refractivity contribution in [2.45, 2.75) is 6.42 Å². The second kappa shape index (κ2) is 7.54. The van der Waals surface area contributed by atoms with E-state index in [1.54, 1.807) is 12.4 Å². The molecule has 0 aliphatic heterocycles. The Hall–Kier alpha value is -2.21. The highest BCUT2D eigenvalue weighted by molar-refractivity contribution is 5.63. The Labute approximate surface area is 125 Å². The van der Waals surface area contributed by atoms with Gasteiger partial charge in [0.1, 0.15) is 5.82 Å². The molecule has 0 aliphatic rings. The predicted molar refractivity (Wildman–Crippen MR) is 86.5 cm³/mol. The van der Waals surface area contributed by atoms with Gasteiger partial charge in [-0.05, 0) is 39.2 Å². The molecule has 6 nitrogen and oxygen atoms in total. The maximum absolute atomic E-state index is 4.56. The molecule has 0 amide bonds. The van der Waals surface area contributed by atoms with Crippen LogP contribution in [0.5, 0.6) is 0 Å². The van der Waals surface area contributed by atoms with Crippen LogP contribution in [-0.2, 0) is 0 Å².